The van der Waals surface area contributed by atoms with Gasteiger partial charge < -0.3 is 20.3 Å². The number of allylic oxidation sites excluding steroid dienone is 1. The maximum Gasteiger partial charge on any atom is 0.258 e. The molecule has 0 unspecified atom stereocenters. The average molecular weight is 334 g/mol. The Balaban J connectivity index is 2.27. The Labute approximate surface area is 144 Å². The fourth-order valence-electron chi connectivity index (χ4n) is 3.49. The SMILES string of the molecule is N#CCN/C=C(\C=N)c1cn(C2CCCC2)c2c(C#N)c[nH]c(=O)c12. The molecule has 1 saturated carbocycles. The summed E-state index contributed by atoms with van der Waals surface area (Å²) < 4.78 is 2.02. The molecule has 126 valence electrons. The quantitative estimate of drug-likeness (QED) is 0.441. The van der Waals surface area contributed by atoms with Crippen LogP contribution in [-0.2, 0) is 0 Å². The third-order valence-corrected chi connectivity index (χ3v) is 4.61. The zero-order chi connectivity index (χ0) is 17.8. The Morgan fingerprint density at radius 1 is 1.44 bits per heavy atom. The fourth-order valence-corrected chi connectivity index (χ4v) is 3.49. The molecule has 0 bridgehead atoms. The number of fused-ring (bicyclic) bond motifs is 1. The van der Waals surface area contributed by atoms with Gasteiger partial charge in [-0.25, -0.2) is 0 Å². The van der Waals surface area contributed by atoms with E-state index in [0.29, 0.717) is 27.6 Å². The highest BCUT2D eigenvalue weighted by Gasteiger charge is 2.24. The molecule has 7 nitrogen and oxygen atoms in total. The lowest BCUT2D eigenvalue weighted by molar-refractivity contribution is 0.535. The number of pyridine rings is 1. The summed E-state index contributed by atoms with van der Waals surface area (Å²) in [6, 6.07) is 4.38. The summed E-state index contributed by atoms with van der Waals surface area (Å²) in [6.07, 6.45) is 10.3. The number of aromatic amines is 1. The lowest BCUT2D eigenvalue weighted by atomic mass is 10.1. The standard InChI is InChI=1S/C18H18N6O/c19-5-6-22-9-12(7-20)15-11-24(14-3-1-2-4-14)17-13(8-21)10-23-18(25)16(15)17/h7,9-11,14,20,22H,1-4,6H2,(H,23,25)/b12-9+,20-7?. The Morgan fingerprint density at radius 2 is 2.20 bits per heavy atom. The lowest BCUT2D eigenvalue weighted by Gasteiger charge is -2.13. The third kappa shape index (κ3) is 2.92. The van der Waals surface area contributed by atoms with E-state index in [0.717, 1.165) is 31.9 Å². The topological polar surface area (TPSA) is 121 Å². The van der Waals surface area contributed by atoms with E-state index < -0.39 is 0 Å². The Morgan fingerprint density at radius 3 is 2.84 bits per heavy atom. The summed E-state index contributed by atoms with van der Waals surface area (Å²) in [5.74, 6) is 0. The summed E-state index contributed by atoms with van der Waals surface area (Å²) in [6.45, 7) is 0.110. The van der Waals surface area contributed by atoms with Crippen LogP contribution < -0.4 is 10.9 Å². The molecule has 0 atom stereocenters. The first-order valence-corrected chi connectivity index (χ1v) is 8.19. The van der Waals surface area contributed by atoms with Crippen LogP contribution >= 0.6 is 0 Å². The van der Waals surface area contributed by atoms with Gasteiger partial charge in [0, 0.05) is 42.0 Å². The monoisotopic (exact) mass is 334 g/mol. The van der Waals surface area contributed by atoms with Crippen LogP contribution in [0.1, 0.15) is 42.9 Å². The molecule has 7 heteroatoms. The highest BCUT2D eigenvalue weighted by Crippen LogP contribution is 2.35. The first-order chi connectivity index (χ1) is 12.2. The number of aromatic nitrogens is 2. The van der Waals surface area contributed by atoms with Gasteiger partial charge in [-0.2, -0.15) is 10.5 Å². The molecule has 2 heterocycles. The maximum absolute atomic E-state index is 12.5. The van der Waals surface area contributed by atoms with E-state index in [-0.39, 0.29) is 18.1 Å². The molecule has 0 aliphatic heterocycles. The van der Waals surface area contributed by atoms with Crippen LogP contribution in [0.15, 0.2) is 23.4 Å². The number of rotatable bonds is 5. The van der Waals surface area contributed by atoms with Crippen molar-refractivity contribution in [3.8, 4) is 12.1 Å². The molecule has 2 aromatic heterocycles. The molecule has 0 aromatic carbocycles. The van der Waals surface area contributed by atoms with Crippen molar-refractivity contribution in [2.45, 2.75) is 31.7 Å². The van der Waals surface area contributed by atoms with Gasteiger partial charge in [0.05, 0.1) is 22.5 Å². The molecule has 0 spiro atoms. The molecule has 0 radical (unpaired) electrons. The predicted molar refractivity (Wildman–Crippen MR) is 95.2 cm³/mol. The number of H-pyrrole nitrogens is 1. The van der Waals surface area contributed by atoms with E-state index in [2.05, 4.69) is 16.4 Å². The molecule has 0 amide bonds. The summed E-state index contributed by atoms with van der Waals surface area (Å²) in [4.78, 5) is 15.1. The average Bonchev–Trinajstić information content (AvgIpc) is 3.27. The van der Waals surface area contributed by atoms with Gasteiger partial charge in [-0.3, -0.25) is 4.79 Å². The van der Waals surface area contributed by atoms with Gasteiger partial charge in [0.25, 0.3) is 5.56 Å². The van der Waals surface area contributed by atoms with Gasteiger partial charge >= 0.3 is 0 Å². The van der Waals surface area contributed by atoms with Crippen LogP contribution in [0, 0.1) is 28.1 Å². The van der Waals surface area contributed by atoms with Crippen LogP contribution in [0.2, 0.25) is 0 Å². The Kier molecular flexibility index (Phi) is 4.67. The Bertz CT molecular complexity index is 976. The number of nitrogens with one attached hydrogen (secondary N) is 3. The van der Waals surface area contributed by atoms with Crippen molar-refractivity contribution in [1.29, 1.82) is 15.9 Å². The summed E-state index contributed by atoms with van der Waals surface area (Å²) in [7, 11) is 0. The van der Waals surface area contributed by atoms with Gasteiger partial charge in [-0.1, -0.05) is 12.8 Å². The zero-order valence-electron chi connectivity index (χ0n) is 13.7. The molecular weight excluding hydrogens is 316 g/mol. The smallest absolute Gasteiger partial charge is 0.258 e. The summed E-state index contributed by atoms with van der Waals surface area (Å²) in [5.41, 5.74) is 1.86. The molecule has 1 aliphatic rings. The third-order valence-electron chi connectivity index (χ3n) is 4.61. The second-order valence-corrected chi connectivity index (χ2v) is 6.04. The molecule has 1 fully saturated rings. The number of nitrogens with zero attached hydrogens (tertiary/aromatic N) is 3. The van der Waals surface area contributed by atoms with Gasteiger partial charge in [-0.05, 0) is 12.8 Å². The molecule has 3 N–H and O–H groups in total. The lowest BCUT2D eigenvalue weighted by Crippen LogP contribution is -2.10. The van der Waals surface area contributed by atoms with E-state index >= 15 is 0 Å². The molecule has 0 saturated heterocycles. The van der Waals surface area contributed by atoms with Crippen molar-refractivity contribution in [2.24, 2.45) is 0 Å². The highest BCUT2D eigenvalue weighted by molar-refractivity contribution is 6.14. The molecular formula is C18H18N6O. The van der Waals surface area contributed by atoms with Crippen molar-refractivity contribution in [3.63, 3.8) is 0 Å². The predicted octanol–water partition coefficient (Wildman–Crippen LogP) is 2.42. The first-order valence-electron chi connectivity index (χ1n) is 8.19. The Hall–Kier alpha value is -3.32. The fraction of sp³-hybridized carbons (Fsp3) is 0.333. The van der Waals surface area contributed by atoms with E-state index in [1.54, 1.807) is 6.20 Å². The minimum Gasteiger partial charge on any atom is -0.378 e. The van der Waals surface area contributed by atoms with Gasteiger partial charge in [0.2, 0.25) is 0 Å². The first kappa shape index (κ1) is 16.5. The van der Waals surface area contributed by atoms with Crippen LogP contribution in [0.3, 0.4) is 0 Å². The van der Waals surface area contributed by atoms with Crippen LogP contribution in [0.25, 0.3) is 16.5 Å². The van der Waals surface area contributed by atoms with Gasteiger partial charge in [0.15, 0.2) is 0 Å². The summed E-state index contributed by atoms with van der Waals surface area (Å²) in [5, 5.41) is 29.1. The number of hydrogen-bond donors (Lipinski definition) is 3. The van der Waals surface area contributed by atoms with E-state index in [1.807, 2.05) is 16.8 Å². The van der Waals surface area contributed by atoms with Crippen molar-refractivity contribution in [2.75, 3.05) is 6.54 Å². The number of nitriles is 2. The van der Waals surface area contributed by atoms with Crippen molar-refractivity contribution < 1.29 is 0 Å². The minimum absolute atomic E-state index is 0.110. The summed E-state index contributed by atoms with van der Waals surface area (Å²) >= 11 is 0. The van der Waals surface area contributed by atoms with Crippen LogP contribution in [0.5, 0.6) is 0 Å². The highest BCUT2D eigenvalue weighted by atomic mass is 16.1. The molecule has 25 heavy (non-hydrogen) atoms. The molecule has 3 rings (SSSR count). The van der Waals surface area contributed by atoms with Gasteiger partial charge in [0.1, 0.15) is 12.6 Å². The number of hydrogen-bond acceptors (Lipinski definition) is 5. The second kappa shape index (κ2) is 7.06. The van der Waals surface area contributed by atoms with Crippen LogP contribution in [-0.4, -0.2) is 22.3 Å². The molecule has 2 aromatic rings. The van der Waals surface area contributed by atoms with Crippen molar-refractivity contribution in [3.05, 3.63) is 40.1 Å². The van der Waals surface area contributed by atoms with Gasteiger partial charge in [-0.15, -0.1) is 0 Å². The molecule has 1 aliphatic carbocycles. The maximum atomic E-state index is 12.5. The van der Waals surface area contributed by atoms with Crippen LogP contribution in [0.4, 0.5) is 0 Å². The normalized spacial score (nSPS) is 15.0. The van der Waals surface area contributed by atoms with Crippen molar-refractivity contribution in [1.82, 2.24) is 14.9 Å². The largest absolute Gasteiger partial charge is 0.378 e. The second-order valence-electron chi connectivity index (χ2n) is 6.04. The van der Waals surface area contributed by atoms with E-state index in [1.165, 1.54) is 6.20 Å². The zero-order valence-corrected chi connectivity index (χ0v) is 13.7. The van der Waals surface area contributed by atoms with Crippen molar-refractivity contribution >= 4 is 22.7 Å². The van der Waals surface area contributed by atoms with E-state index in [4.69, 9.17) is 10.7 Å². The van der Waals surface area contributed by atoms with E-state index in [9.17, 15) is 10.1 Å². The minimum atomic E-state index is -0.284.